The number of nitrogens with one attached hydrogen (secondary N) is 2. The summed E-state index contributed by atoms with van der Waals surface area (Å²) < 4.78 is 0. The second-order valence-electron chi connectivity index (χ2n) is 4.93. The van der Waals surface area contributed by atoms with Gasteiger partial charge in [-0.2, -0.15) is 5.26 Å². The molecule has 0 bridgehead atoms. The predicted octanol–water partition coefficient (Wildman–Crippen LogP) is 2.06. The zero-order chi connectivity index (χ0) is 14.4. The Hall–Kier alpha value is -1.61. The highest BCUT2D eigenvalue weighted by molar-refractivity contribution is 7.09. The molecule has 1 aliphatic rings. The summed E-state index contributed by atoms with van der Waals surface area (Å²) in [5.41, 5.74) is 1.04. The maximum Gasteiger partial charge on any atom is 0.191 e. The normalized spacial score (nSPS) is 22.6. The van der Waals surface area contributed by atoms with E-state index in [0.717, 1.165) is 42.3 Å². The summed E-state index contributed by atoms with van der Waals surface area (Å²) in [5, 5.41) is 19.0. The maximum atomic E-state index is 9.10. The van der Waals surface area contributed by atoms with Gasteiger partial charge in [-0.15, -0.1) is 11.3 Å². The molecule has 1 saturated carbocycles. The van der Waals surface area contributed by atoms with E-state index in [-0.39, 0.29) is 12.0 Å². The Labute approximate surface area is 124 Å². The molecule has 6 heteroatoms. The van der Waals surface area contributed by atoms with E-state index in [9.17, 15) is 0 Å². The van der Waals surface area contributed by atoms with Crippen molar-refractivity contribution < 1.29 is 0 Å². The van der Waals surface area contributed by atoms with Crippen molar-refractivity contribution in [3.63, 3.8) is 0 Å². The Kier molecular flexibility index (Phi) is 5.36. The van der Waals surface area contributed by atoms with Gasteiger partial charge in [0.25, 0.3) is 0 Å². The van der Waals surface area contributed by atoms with Crippen LogP contribution in [0.1, 0.15) is 36.9 Å². The van der Waals surface area contributed by atoms with Gasteiger partial charge in [-0.05, 0) is 25.7 Å². The van der Waals surface area contributed by atoms with E-state index >= 15 is 0 Å². The van der Waals surface area contributed by atoms with E-state index in [2.05, 4.69) is 39.0 Å². The minimum Gasteiger partial charge on any atom is -0.352 e. The largest absolute Gasteiger partial charge is 0.352 e. The van der Waals surface area contributed by atoms with E-state index in [1.165, 1.54) is 0 Å². The van der Waals surface area contributed by atoms with Crippen molar-refractivity contribution >= 4 is 17.3 Å². The lowest BCUT2D eigenvalue weighted by molar-refractivity contribution is 0.532. The van der Waals surface area contributed by atoms with Crippen LogP contribution < -0.4 is 10.6 Å². The van der Waals surface area contributed by atoms with Gasteiger partial charge < -0.3 is 10.6 Å². The van der Waals surface area contributed by atoms with E-state index in [1.54, 1.807) is 18.4 Å². The number of aryl methyl sites for hydroxylation is 1. The number of aliphatic imine (C=N–C) groups is 1. The van der Waals surface area contributed by atoms with Crippen molar-refractivity contribution in [2.45, 2.75) is 45.2 Å². The fourth-order valence-corrected chi connectivity index (χ4v) is 3.17. The number of nitrogens with zero attached hydrogens (tertiary/aromatic N) is 3. The van der Waals surface area contributed by atoms with Crippen molar-refractivity contribution in [2.75, 3.05) is 7.05 Å². The third-order valence-electron chi connectivity index (χ3n) is 3.57. The van der Waals surface area contributed by atoms with Crippen molar-refractivity contribution in [3.05, 3.63) is 16.1 Å². The van der Waals surface area contributed by atoms with Crippen LogP contribution >= 0.6 is 11.3 Å². The van der Waals surface area contributed by atoms with Crippen molar-refractivity contribution in [1.29, 1.82) is 5.26 Å². The van der Waals surface area contributed by atoms with Gasteiger partial charge in [0.05, 0.1) is 29.2 Å². The number of thiazole rings is 1. The summed E-state index contributed by atoms with van der Waals surface area (Å²) in [6, 6.07) is 2.59. The van der Waals surface area contributed by atoms with Gasteiger partial charge in [0.2, 0.25) is 0 Å². The third kappa shape index (κ3) is 3.70. The molecule has 0 aliphatic heterocycles. The molecule has 0 spiro atoms. The lowest BCUT2D eigenvalue weighted by atomic mass is 10.1. The fraction of sp³-hybridized carbons (Fsp3) is 0.643. The Bertz CT molecular complexity index is 502. The first-order valence-electron chi connectivity index (χ1n) is 7.07. The molecule has 2 rings (SSSR count). The zero-order valence-electron chi connectivity index (χ0n) is 12.0. The summed E-state index contributed by atoms with van der Waals surface area (Å²) in [5.74, 6) is 0.850. The highest BCUT2D eigenvalue weighted by Gasteiger charge is 2.27. The summed E-state index contributed by atoms with van der Waals surface area (Å²) >= 11 is 1.69. The number of rotatable bonds is 4. The first kappa shape index (κ1) is 14.8. The molecule has 2 N–H and O–H groups in total. The highest BCUT2D eigenvalue weighted by Crippen LogP contribution is 2.24. The van der Waals surface area contributed by atoms with Gasteiger partial charge in [-0.1, -0.05) is 6.92 Å². The molecular formula is C14H21N5S. The average molecular weight is 291 g/mol. The van der Waals surface area contributed by atoms with Crippen molar-refractivity contribution in [3.8, 4) is 6.07 Å². The van der Waals surface area contributed by atoms with E-state index in [1.807, 2.05) is 0 Å². The molecule has 1 aliphatic carbocycles. The minimum atomic E-state index is 0.0968. The molecule has 5 nitrogen and oxygen atoms in total. The summed E-state index contributed by atoms with van der Waals surface area (Å²) in [4.78, 5) is 8.74. The topological polar surface area (TPSA) is 73.1 Å². The Morgan fingerprint density at radius 1 is 1.60 bits per heavy atom. The van der Waals surface area contributed by atoms with Gasteiger partial charge in [-0.25, -0.2) is 4.98 Å². The third-order valence-corrected chi connectivity index (χ3v) is 4.61. The lowest BCUT2D eigenvalue weighted by Gasteiger charge is -2.19. The van der Waals surface area contributed by atoms with Crippen LogP contribution in [0.25, 0.3) is 0 Å². The summed E-state index contributed by atoms with van der Waals surface area (Å²) in [7, 11) is 1.75. The second kappa shape index (κ2) is 7.25. The number of guanidine groups is 1. The summed E-state index contributed by atoms with van der Waals surface area (Å²) in [6.07, 6.45) is 4.11. The molecule has 2 atom stereocenters. The molecule has 0 radical (unpaired) electrons. The molecule has 0 saturated heterocycles. The number of hydrogen-bond acceptors (Lipinski definition) is 4. The SMILES string of the molecule is CCc1nc(CNC(=NC)NC2CCCC2C#N)cs1. The van der Waals surface area contributed by atoms with Crippen LogP contribution in [0.2, 0.25) is 0 Å². The quantitative estimate of drug-likeness (QED) is 0.658. The molecule has 108 valence electrons. The molecule has 0 aromatic carbocycles. The standard InChI is InChI=1S/C14H21N5S/c1-3-13-18-11(9-20-13)8-17-14(16-2)19-12-6-4-5-10(12)7-15/h9-10,12H,3-6,8H2,1-2H3,(H2,16,17,19). The van der Waals surface area contributed by atoms with Crippen molar-refractivity contribution in [2.24, 2.45) is 10.9 Å². The van der Waals surface area contributed by atoms with Crippen LogP contribution in [0.3, 0.4) is 0 Å². The van der Waals surface area contributed by atoms with E-state index in [0.29, 0.717) is 6.54 Å². The Balaban J connectivity index is 1.85. The van der Waals surface area contributed by atoms with Crippen LogP contribution in [0.4, 0.5) is 0 Å². The van der Waals surface area contributed by atoms with Gasteiger partial charge in [0, 0.05) is 18.5 Å². The molecule has 0 amide bonds. The van der Waals surface area contributed by atoms with Gasteiger partial charge in [-0.3, -0.25) is 4.99 Å². The number of aromatic nitrogens is 1. The second-order valence-corrected chi connectivity index (χ2v) is 5.87. The van der Waals surface area contributed by atoms with E-state index in [4.69, 9.17) is 5.26 Å². The smallest absolute Gasteiger partial charge is 0.191 e. The molecule has 1 aromatic rings. The maximum absolute atomic E-state index is 9.10. The van der Waals surface area contributed by atoms with Crippen LogP contribution in [0.5, 0.6) is 0 Å². The minimum absolute atomic E-state index is 0.0968. The van der Waals surface area contributed by atoms with Crippen LogP contribution in [0, 0.1) is 17.2 Å². The Morgan fingerprint density at radius 3 is 3.10 bits per heavy atom. The zero-order valence-corrected chi connectivity index (χ0v) is 12.8. The van der Waals surface area contributed by atoms with Crippen LogP contribution in [-0.2, 0) is 13.0 Å². The monoisotopic (exact) mass is 291 g/mol. The van der Waals surface area contributed by atoms with Gasteiger partial charge >= 0.3 is 0 Å². The number of nitriles is 1. The predicted molar refractivity (Wildman–Crippen MR) is 81.6 cm³/mol. The highest BCUT2D eigenvalue weighted by atomic mass is 32.1. The average Bonchev–Trinajstić information content (AvgIpc) is 3.11. The molecule has 1 heterocycles. The molecule has 20 heavy (non-hydrogen) atoms. The Morgan fingerprint density at radius 2 is 2.45 bits per heavy atom. The molecular weight excluding hydrogens is 270 g/mol. The molecule has 2 unspecified atom stereocenters. The lowest BCUT2D eigenvalue weighted by Crippen LogP contribution is -2.44. The molecule has 1 fully saturated rings. The van der Waals surface area contributed by atoms with Crippen LogP contribution in [0.15, 0.2) is 10.4 Å². The van der Waals surface area contributed by atoms with E-state index < -0.39 is 0 Å². The molecule has 1 aromatic heterocycles. The van der Waals surface area contributed by atoms with Gasteiger partial charge in [0.1, 0.15) is 0 Å². The fourth-order valence-electron chi connectivity index (χ4n) is 2.42. The number of hydrogen-bond donors (Lipinski definition) is 2. The first-order chi connectivity index (χ1) is 9.76. The summed E-state index contributed by atoms with van der Waals surface area (Å²) in [6.45, 7) is 2.78. The first-order valence-corrected chi connectivity index (χ1v) is 7.94. The van der Waals surface area contributed by atoms with Crippen molar-refractivity contribution in [1.82, 2.24) is 15.6 Å². The van der Waals surface area contributed by atoms with Crippen LogP contribution in [-0.4, -0.2) is 24.0 Å². The van der Waals surface area contributed by atoms with Gasteiger partial charge in [0.15, 0.2) is 5.96 Å².